The minimum atomic E-state index is -0.329. The molecule has 0 N–H and O–H groups in total. The van der Waals surface area contributed by atoms with E-state index in [-0.39, 0.29) is 17.6 Å². The second-order valence-corrected chi connectivity index (χ2v) is 6.61. The molecule has 0 saturated heterocycles. The molecule has 0 spiro atoms. The molecule has 0 atom stereocenters. The number of esters is 1. The van der Waals surface area contributed by atoms with Crippen molar-refractivity contribution < 1.29 is 19.1 Å². The fourth-order valence-electron chi connectivity index (χ4n) is 2.44. The molecule has 1 amide bonds. The van der Waals surface area contributed by atoms with Crippen LogP contribution in [0, 0.1) is 6.92 Å². The second kappa shape index (κ2) is 9.54. The van der Waals surface area contributed by atoms with Gasteiger partial charge < -0.3 is 9.47 Å². The number of methoxy groups -OCH3 is 1. The van der Waals surface area contributed by atoms with E-state index in [1.165, 1.54) is 11.8 Å². The van der Waals surface area contributed by atoms with E-state index in [0.717, 1.165) is 11.3 Å². The smallest absolute Gasteiger partial charge is 0.316 e. The van der Waals surface area contributed by atoms with Crippen molar-refractivity contribution in [1.29, 1.82) is 0 Å². The Morgan fingerprint density at radius 2 is 2.19 bits per heavy atom. The van der Waals surface area contributed by atoms with E-state index in [4.69, 9.17) is 9.47 Å². The molecule has 0 aromatic carbocycles. The van der Waals surface area contributed by atoms with Gasteiger partial charge in [0.05, 0.1) is 18.1 Å². The van der Waals surface area contributed by atoms with Crippen LogP contribution in [0.15, 0.2) is 16.9 Å². The van der Waals surface area contributed by atoms with Gasteiger partial charge in [-0.25, -0.2) is 4.99 Å². The van der Waals surface area contributed by atoms with Crippen molar-refractivity contribution in [2.75, 3.05) is 32.6 Å². The van der Waals surface area contributed by atoms with Gasteiger partial charge in [0.1, 0.15) is 5.70 Å². The maximum Gasteiger partial charge on any atom is 0.316 e. The number of carbonyl (C=O) groups excluding carboxylic acids is 2. The topological polar surface area (TPSA) is 86.0 Å². The van der Waals surface area contributed by atoms with Crippen LogP contribution in [-0.4, -0.2) is 64.3 Å². The molecule has 2 heterocycles. The molecule has 0 bridgehead atoms. The molecular formula is C17H24N4O4S. The first-order valence-corrected chi connectivity index (χ1v) is 9.34. The standard InChI is InChI=1S/C17H24N4O4S/c1-5-25-15(22)11-26-17-18-14(9-13-10-20(3)19-12(13)2)16(23)21(17)7-6-8-24-4/h9-10H,5-8,11H2,1-4H3/b14-9+. The number of ether oxygens (including phenoxy) is 2. The van der Waals surface area contributed by atoms with Gasteiger partial charge in [-0.2, -0.15) is 5.10 Å². The van der Waals surface area contributed by atoms with Crippen LogP contribution in [0.4, 0.5) is 0 Å². The van der Waals surface area contributed by atoms with Gasteiger partial charge in [-0.1, -0.05) is 11.8 Å². The van der Waals surface area contributed by atoms with Gasteiger partial charge in [0.2, 0.25) is 0 Å². The summed E-state index contributed by atoms with van der Waals surface area (Å²) >= 11 is 1.20. The van der Waals surface area contributed by atoms with Crippen LogP contribution in [0.5, 0.6) is 0 Å². The molecule has 0 aliphatic carbocycles. The Morgan fingerprint density at radius 3 is 2.81 bits per heavy atom. The molecule has 9 heteroatoms. The number of hydrogen-bond donors (Lipinski definition) is 0. The lowest BCUT2D eigenvalue weighted by molar-refractivity contribution is -0.139. The predicted octanol–water partition coefficient (Wildman–Crippen LogP) is 1.60. The fourth-order valence-corrected chi connectivity index (χ4v) is 3.26. The molecule has 0 radical (unpaired) electrons. The minimum absolute atomic E-state index is 0.111. The number of nitrogens with zero attached hydrogens (tertiary/aromatic N) is 4. The van der Waals surface area contributed by atoms with Gasteiger partial charge in [0.25, 0.3) is 5.91 Å². The maximum absolute atomic E-state index is 12.7. The summed E-state index contributed by atoms with van der Waals surface area (Å²) in [5.41, 5.74) is 2.00. The zero-order valence-electron chi connectivity index (χ0n) is 15.5. The predicted molar refractivity (Wildman–Crippen MR) is 101 cm³/mol. The number of carbonyl (C=O) groups is 2. The van der Waals surface area contributed by atoms with Crippen LogP contribution in [0.2, 0.25) is 0 Å². The Morgan fingerprint density at radius 1 is 1.42 bits per heavy atom. The van der Waals surface area contributed by atoms with Crippen molar-refractivity contribution in [3.05, 3.63) is 23.2 Å². The first-order chi connectivity index (χ1) is 12.5. The summed E-state index contributed by atoms with van der Waals surface area (Å²) in [6.07, 6.45) is 4.25. The number of aryl methyl sites for hydroxylation is 2. The van der Waals surface area contributed by atoms with Crippen molar-refractivity contribution in [2.24, 2.45) is 12.0 Å². The number of amidine groups is 1. The second-order valence-electron chi connectivity index (χ2n) is 5.66. The highest BCUT2D eigenvalue weighted by Gasteiger charge is 2.30. The molecular weight excluding hydrogens is 356 g/mol. The van der Waals surface area contributed by atoms with E-state index >= 15 is 0 Å². The highest BCUT2D eigenvalue weighted by Crippen LogP contribution is 2.25. The average Bonchev–Trinajstić information content (AvgIpc) is 3.06. The zero-order valence-corrected chi connectivity index (χ0v) is 16.3. The van der Waals surface area contributed by atoms with E-state index in [0.29, 0.717) is 37.0 Å². The molecule has 1 aromatic rings. The van der Waals surface area contributed by atoms with E-state index in [1.807, 2.05) is 20.2 Å². The number of aliphatic imine (C=N–C) groups is 1. The van der Waals surface area contributed by atoms with Gasteiger partial charge in [0, 0.05) is 39.1 Å². The highest BCUT2D eigenvalue weighted by atomic mass is 32.2. The molecule has 142 valence electrons. The van der Waals surface area contributed by atoms with Gasteiger partial charge in [-0.15, -0.1) is 0 Å². The molecule has 2 rings (SSSR count). The molecule has 0 saturated carbocycles. The van der Waals surface area contributed by atoms with Gasteiger partial charge >= 0.3 is 5.97 Å². The van der Waals surface area contributed by atoms with Crippen LogP contribution < -0.4 is 0 Å². The van der Waals surface area contributed by atoms with E-state index in [2.05, 4.69) is 10.1 Å². The van der Waals surface area contributed by atoms with Gasteiger partial charge in [0.15, 0.2) is 5.17 Å². The highest BCUT2D eigenvalue weighted by molar-refractivity contribution is 8.14. The quantitative estimate of drug-likeness (QED) is 0.387. The molecule has 0 fully saturated rings. The van der Waals surface area contributed by atoms with Crippen LogP contribution in [0.25, 0.3) is 6.08 Å². The third kappa shape index (κ3) is 5.18. The molecule has 26 heavy (non-hydrogen) atoms. The number of aromatic nitrogens is 2. The number of rotatable bonds is 8. The summed E-state index contributed by atoms with van der Waals surface area (Å²) in [5, 5.41) is 4.78. The van der Waals surface area contributed by atoms with Crippen LogP contribution in [0.3, 0.4) is 0 Å². The van der Waals surface area contributed by atoms with Crippen LogP contribution >= 0.6 is 11.8 Å². The van der Waals surface area contributed by atoms with Gasteiger partial charge in [-0.05, 0) is 26.3 Å². The largest absolute Gasteiger partial charge is 0.465 e. The molecule has 1 aliphatic heterocycles. The maximum atomic E-state index is 12.7. The van der Waals surface area contributed by atoms with E-state index < -0.39 is 0 Å². The Bertz CT molecular complexity index is 726. The van der Waals surface area contributed by atoms with Gasteiger partial charge in [-0.3, -0.25) is 19.2 Å². The van der Waals surface area contributed by atoms with Crippen molar-refractivity contribution in [3.63, 3.8) is 0 Å². The molecule has 1 aliphatic rings. The summed E-state index contributed by atoms with van der Waals surface area (Å²) in [7, 11) is 3.44. The Balaban J connectivity index is 2.19. The zero-order chi connectivity index (χ0) is 19.1. The minimum Gasteiger partial charge on any atom is -0.465 e. The SMILES string of the molecule is CCOC(=O)CSC1=N/C(=C/c2cn(C)nc2C)C(=O)N1CCCOC. The van der Waals surface area contributed by atoms with Crippen LogP contribution in [-0.2, 0) is 26.1 Å². The molecule has 8 nitrogen and oxygen atoms in total. The average molecular weight is 380 g/mol. The number of amides is 1. The lowest BCUT2D eigenvalue weighted by Gasteiger charge is -2.17. The molecule has 1 aromatic heterocycles. The van der Waals surface area contributed by atoms with Crippen molar-refractivity contribution in [2.45, 2.75) is 20.3 Å². The third-order valence-corrected chi connectivity index (χ3v) is 4.56. The van der Waals surface area contributed by atoms with Crippen molar-refractivity contribution in [3.8, 4) is 0 Å². The fraction of sp³-hybridized carbons (Fsp3) is 0.529. The summed E-state index contributed by atoms with van der Waals surface area (Å²) in [6.45, 7) is 4.98. The van der Waals surface area contributed by atoms with Crippen molar-refractivity contribution in [1.82, 2.24) is 14.7 Å². The number of thioether (sulfide) groups is 1. The Hall–Kier alpha value is -2.13. The first-order valence-electron chi connectivity index (χ1n) is 8.36. The summed E-state index contributed by atoms with van der Waals surface area (Å²) < 4.78 is 11.7. The van der Waals surface area contributed by atoms with E-state index in [9.17, 15) is 9.59 Å². The first kappa shape index (κ1) is 20.2. The normalized spacial score (nSPS) is 15.7. The lowest BCUT2D eigenvalue weighted by atomic mass is 10.2. The number of hydrogen-bond acceptors (Lipinski definition) is 7. The molecule has 0 unspecified atom stereocenters. The summed E-state index contributed by atoms with van der Waals surface area (Å²) in [4.78, 5) is 30.4. The van der Waals surface area contributed by atoms with Crippen LogP contribution in [0.1, 0.15) is 24.6 Å². The third-order valence-electron chi connectivity index (χ3n) is 3.61. The van der Waals surface area contributed by atoms with Crippen molar-refractivity contribution >= 4 is 34.9 Å². The Kier molecular flexibility index (Phi) is 7.40. The van der Waals surface area contributed by atoms with E-state index in [1.54, 1.807) is 29.7 Å². The summed E-state index contributed by atoms with van der Waals surface area (Å²) in [6, 6.07) is 0. The lowest BCUT2D eigenvalue weighted by Crippen LogP contribution is -2.32. The summed E-state index contributed by atoms with van der Waals surface area (Å²) in [5.74, 6) is -0.402. The monoisotopic (exact) mass is 380 g/mol. The Labute approximate surface area is 157 Å².